The lowest BCUT2D eigenvalue weighted by Gasteiger charge is -2.09. The van der Waals surface area contributed by atoms with Crippen LogP contribution in [0.25, 0.3) is 11.4 Å². The molecule has 0 fully saturated rings. The molecule has 7 nitrogen and oxygen atoms in total. The van der Waals surface area contributed by atoms with Gasteiger partial charge in [0.05, 0.1) is 5.75 Å². The van der Waals surface area contributed by atoms with Crippen molar-refractivity contribution in [2.24, 2.45) is 0 Å². The molecule has 3 aromatic rings. The topological polar surface area (TPSA) is 88.9 Å². The Bertz CT molecular complexity index is 1010. The minimum Gasteiger partial charge on any atom is -0.302 e. The summed E-state index contributed by atoms with van der Waals surface area (Å²) < 4.78 is 1.91. The molecule has 1 heterocycles. The van der Waals surface area contributed by atoms with E-state index in [1.807, 2.05) is 23.6 Å². The Hall–Kier alpha value is -2.55. The van der Waals surface area contributed by atoms with E-state index >= 15 is 0 Å². The fourth-order valence-corrected chi connectivity index (χ4v) is 3.51. The molecule has 0 saturated heterocycles. The predicted octanol–water partition coefficient (Wildman–Crippen LogP) is 3.83. The summed E-state index contributed by atoms with van der Waals surface area (Å²) in [6.45, 7) is 2.61. The van der Waals surface area contributed by atoms with Crippen molar-refractivity contribution < 1.29 is 9.59 Å². The second kappa shape index (κ2) is 9.78. The maximum absolute atomic E-state index is 12.1. The molecule has 0 unspecified atom stereocenters. The lowest BCUT2D eigenvalue weighted by Crippen LogP contribution is -2.42. The van der Waals surface area contributed by atoms with Gasteiger partial charge in [0.2, 0.25) is 5.91 Å². The first-order valence-corrected chi connectivity index (χ1v) is 10.4. The number of carbonyl (C=O) groups excluding carboxylic acids is 2. The molecule has 0 saturated carbocycles. The number of hydrazine groups is 1. The summed E-state index contributed by atoms with van der Waals surface area (Å²) in [6.07, 6.45) is 0. The lowest BCUT2D eigenvalue weighted by atomic mass is 10.2. The first kappa shape index (κ1) is 21.2. The van der Waals surface area contributed by atoms with Crippen LogP contribution < -0.4 is 10.9 Å². The van der Waals surface area contributed by atoms with Crippen LogP contribution in [-0.4, -0.2) is 32.3 Å². The Morgan fingerprint density at radius 2 is 1.59 bits per heavy atom. The zero-order valence-corrected chi connectivity index (χ0v) is 17.7. The van der Waals surface area contributed by atoms with Crippen molar-refractivity contribution in [3.8, 4) is 11.4 Å². The fourth-order valence-electron chi connectivity index (χ4n) is 2.46. The highest BCUT2D eigenvalue weighted by Crippen LogP contribution is 2.25. The minimum absolute atomic E-state index is 0.0691. The van der Waals surface area contributed by atoms with Crippen molar-refractivity contribution in [1.82, 2.24) is 25.6 Å². The Labute approximate surface area is 181 Å². The summed E-state index contributed by atoms with van der Waals surface area (Å²) >= 11 is 13.0. The van der Waals surface area contributed by atoms with Crippen LogP contribution in [0.2, 0.25) is 10.0 Å². The van der Waals surface area contributed by atoms with Gasteiger partial charge in [0.1, 0.15) is 0 Å². The van der Waals surface area contributed by atoms with E-state index in [0.717, 1.165) is 5.56 Å². The number of amides is 2. The standard InChI is InChI=1S/C19H17Cl2N5O2S/c1-2-26-17(12-3-7-14(20)8-4-12)23-25-19(26)29-11-16(27)22-24-18(28)13-5-9-15(21)10-6-13/h3-10H,2,11H2,1H3,(H,22,27)(H,24,28). The summed E-state index contributed by atoms with van der Waals surface area (Å²) in [5, 5.41) is 10.2. The average Bonchev–Trinajstić information content (AvgIpc) is 3.14. The van der Waals surface area contributed by atoms with Gasteiger partial charge in [0.25, 0.3) is 5.91 Å². The molecule has 0 spiro atoms. The number of nitrogens with one attached hydrogen (secondary N) is 2. The number of carbonyl (C=O) groups is 2. The molecule has 2 N–H and O–H groups in total. The van der Waals surface area contributed by atoms with Crippen molar-refractivity contribution in [2.75, 3.05) is 5.75 Å². The van der Waals surface area contributed by atoms with Crippen molar-refractivity contribution >= 4 is 46.8 Å². The summed E-state index contributed by atoms with van der Waals surface area (Å²) in [5.74, 6) is -0.0273. The third kappa shape index (κ3) is 5.50. The monoisotopic (exact) mass is 449 g/mol. The number of rotatable bonds is 6. The molecule has 29 heavy (non-hydrogen) atoms. The molecule has 0 aliphatic rings. The number of hydrogen-bond donors (Lipinski definition) is 2. The van der Waals surface area contributed by atoms with Gasteiger partial charge in [-0.05, 0) is 55.5 Å². The molecule has 3 rings (SSSR count). The van der Waals surface area contributed by atoms with Gasteiger partial charge >= 0.3 is 0 Å². The maximum atomic E-state index is 12.1. The highest BCUT2D eigenvalue weighted by atomic mass is 35.5. The Kier molecular flexibility index (Phi) is 7.13. The summed E-state index contributed by atoms with van der Waals surface area (Å²) in [6, 6.07) is 13.7. The molecule has 0 atom stereocenters. The van der Waals surface area contributed by atoms with E-state index in [-0.39, 0.29) is 11.7 Å². The first-order valence-electron chi connectivity index (χ1n) is 8.64. The largest absolute Gasteiger partial charge is 0.302 e. The molecule has 150 valence electrons. The normalized spacial score (nSPS) is 10.6. The van der Waals surface area contributed by atoms with Crippen molar-refractivity contribution in [1.29, 1.82) is 0 Å². The Morgan fingerprint density at radius 1 is 0.966 bits per heavy atom. The number of thioether (sulfide) groups is 1. The van der Waals surface area contributed by atoms with E-state index in [9.17, 15) is 9.59 Å². The minimum atomic E-state index is -0.429. The highest BCUT2D eigenvalue weighted by molar-refractivity contribution is 7.99. The quantitative estimate of drug-likeness (QED) is 0.440. The van der Waals surface area contributed by atoms with Crippen LogP contribution in [0.3, 0.4) is 0 Å². The number of aromatic nitrogens is 3. The summed E-state index contributed by atoms with van der Waals surface area (Å²) in [4.78, 5) is 24.1. The lowest BCUT2D eigenvalue weighted by molar-refractivity contribution is -0.119. The number of hydrogen-bond acceptors (Lipinski definition) is 5. The smallest absolute Gasteiger partial charge is 0.269 e. The third-order valence-corrected chi connectivity index (χ3v) is 5.36. The van der Waals surface area contributed by atoms with Gasteiger partial charge in [0.15, 0.2) is 11.0 Å². The van der Waals surface area contributed by atoms with E-state index in [2.05, 4.69) is 21.0 Å². The first-order chi connectivity index (χ1) is 14.0. The van der Waals surface area contributed by atoms with Gasteiger partial charge in [-0.25, -0.2) is 0 Å². The summed E-state index contributed by atoms with van der Waals surface area (Å²) in [5.41, 5.74) is 6.03. The van der Waals surface area contributed by atoms with Crippen LogP contribution in [0.15, 0.2) is 53.7 Å². The van der Waals surface area contributed by atoms with E-state index in [1.165, 1.54) is 11.8 Å². The van der Waals surface area contributed by atoms with Crippen LogP contribution in [0.1, 0.15) is 17.3 Å². The molecule has 2 aromatic carbocycles. The fraction of sp³-hybridized carbons (Fsp3) is 0.158. The van der Waals surface area contributed by atoms with Crippen LogP contribution in [0.5, 0.6) is 0 Å². The van der Waals surface area contributed by atoms with Crippen molar-refractivity contribution in [3.05, 3.63) is 64.1 Å². The van der Waals surface area contributed by atoms with Crippen LogP contribution >= 0.6 is 35.0 Å². The van der Waals surface area contributed by atoms with Crippen LogP contribution in [0.4, 0.5) is 0 Å². The van der Waals surface area contributed by atoms with Gasteiger partial charge in [-0.3, -0.25) is 20.4 Å². The Morgan fingerprint density at radius 3 is 2.21 bits per heavy atom. The zero-order valence-electron chi connectivity index (χ0n) is 15.4. The van der Waals surface area contributed by atoms with Gasteiger partial charge in [-0.1, -0.05) is 35.0 Å². The van der Waals surface area contributed by atoms with Crippen LogP contribution in [-0.2, 0) is 11.3 Å². The SMILES string of the molecule is CCn1c(SCC(=O)NNC(=O)c2ccc(Cl)cc2)nnc1-c1ccc(Cl)cc1. The second-order valence-corrected chi connectivity index (χ2v) is 7.67. The molecule has 0 aliphatic heterocycles. The van der Waals surface area contributed by atoms with Gasteiger partial charge in [-0.15, -0.1) is 10.2 Å². The van der Waals surface area contributed by atoms with Crippen LogP contribution in [0, 0.1) is 0 Å². The van der Waals surface area contributed by atoms with E-state index < -0.39 is 5.91 Å². The van der Waals surface area contributed by atoms with Gasteiger partial charge in [-0.2, -0.15) is 0 Å². The maximum Gasteiger partial charge on any atom is 0.269 e. The molecule has 2 amide bonds. The molecule has 0 aliphatic carbocycles. The van der Waals surface area contributed by atoms with Crippen molar-refractivity contribution in [2.45, 2.75) is 18.6 Å². The second-order valence-electron chi connectivity index (χ2n) is 5.86. The zero-order chi connectivity index (χ0) is 20.8. The average molecular weight is 450 g/mol. The predicted molar refractivity (Wildman–Crippen MR) is 114 cm³/mol. The Balaban J connectivity index is 1.56. The van der Waals surface area contributed by atoms with Gasteiger partial charge < -0.3 is 4.57 Å². The molecular weight excluding hydrogens is 433 g/mol. The molecule has 0 radical (unpaired) electrons. The summed E-state index contributed by atoms with van der Waals surface area (Å²) in [7, 11) is 0. The highest BCUT2D eigenvalue weighted by Gasteiger charge is 2.15. The van der Waals surface area contributed by atoms with E-state index in [1.54, 1.807) is 36.4 Å². The van der Waals surface area contributed by atoms with Gasteiger partial charge in [0, 0.05) is 27.7 Å². The number of benzene rings is 2. The van der Waals surface area contributed by atoms with Crippen molar-refractivity contribution in [3.63, 3.8) is 0 Å². The molecule has 0 bridgehead atoms. The van der Waals surface area contributed by atoms with E-state index in [4.69, 9.17) is 23.2 Å². The molecular formula is C19H17Cl2N5O2S. The molecule has 10 heteroatoms. The van der Waals surface area contributed by atoms with E-state index in [0.29, 0.717) is 33.1 Å². The molecule has 1 aromatic heterocycles. The third-order valence-electron chi connectivity index (χ3n) is 3.89. The number of halogens is 2. The number of nitrogens with zero attached hydrogens (tertiary/aromatic N) is 3.